The lowest BCUT2D eigenvalue weighted by Crippen LogP contribution is -2.02. The summed E-state index contributed by atoms with van der Waals surface area (Å²) >= 11 is 4.90. The van der Waals surface area contributed by atoms with E-state index in [1.807, 2.05) is 25.1 Å². The molecule has 0 saturated heterocycles. The number of nitrogens with zero attached hydrogens (tertiary/aromatic N) is 2. The van der Waals surface area contributed by atoms with Crippen molar-refractivity contribution < 1.29 is 0 Å². The molecule has 0 amide bonds. The molecule has 17 heavy (non-hydrogen) atoms. The lowest BCUT2D eigenvalue weighted by molar-refractivity contribution is 0.939. The molecular weight excluding hydrogens is 298 g/mol. The minimum absolute atomic E-state index is 0.499. The van der Waals surface area contributed by atoms with Gasteiger partial charge in [0.1, 0.15) is 10.1 Å². The molecule has 2 N–H and O–H groups in total. The number of rotatable bonds is 3. The molecule has 2 aromatic heterocycles. The maximum atomic E-state index is 5.75. The largest absolute Gasteiger partial charge is 0.326 e. The third kappa shape index (κ3) is 3.06. The molecule has 2 rings (SSSR count). The van der Waals surface area contributed by atoms with Gasteiger partial charge in [0, 0.05) is 29.0 Å². The highest BCUT2D eigenvalue weighted by Crippen LogP contribution is 2.28. The smallest absolute Gasteiger partial charge is 0.107 e. The molecule has 0 aliphatic heterocycles. The van der Waals surface area contributed by atoms with E-state index in [9.17, 15) is 0 Å². The van der Waals surface area contributed by atoms with Crippen LogP contribution < -0.4 is 5.73 Å². The van der Waals surface area contributed by atoms with E-state index in [4.69, 9.17) is 5.73 Å². The molecule has 3 nitrogen and oxygen atoms in total. The number of pyridine rings is 2. The van der Waals surface area contributed by atoms with Gasteiger partial charge < -0.3 is 5.73 Å². The van der Waals surface area contributed by atoms with Crippen LogP contribution in [-0.2, 0) is 6.54 Å². The van der Waals surface area contributed by atoms with Crippen molar-refractivity contribution in [2.75, 3.05) is 0 Å². The molecular formula is C12H12BrN3S. The van der Waals surface area contributed by atoms with Crippen molar-refractivity contribution in [2.45, 2.75) is 23.5 Å². The number of hydrogen-bond donors (Lipinski definition) is 1. The maximum absolute atomic E-state index is 5.75. The van der Waals surface area contributed by atoms with Gasteiger partial charge in [0.15, 0.2) is 0 Å². The average molecular weight is 310 g/mol. The lowest BCUT2D eigenvalue weighted by atomic mass is 10.2. The van der Waals surface area contributed by atoms with E-state index in [0.29, 0.717) is 6.54 Å². The van der Waals surface area contributed by atoms with Crippen LogP contribution in [0.2, 0.25) is 0 Å². The maximum Gasteiger partial charge on any atom is 0.107 e. The summed E-state index contributed by atoms with van der Waals surface area (Å²) in [7, 11) is 0. The number of aromatic nitrogens is 2. The summed E-state index contributed by atoms with van der Waals surface area (Å²) in [6, 6.07) is 5.90. The van der Waals surface area contributed by atoms with E-state index < -0.39 is 0 Å². The Morgan fingerprint density at radius 2 is 2.12 bits per heavy atom. The summed E-state index contributed by atoms with van der Waals surface area (Å²) in [5.74, 6) is 0. The molecule has 0 aliphatic rings. The van der Waals surface area contributed by atoms with Crippen molar-refractivity contribution in [1.82, 2.24) is 9.97 Å². The summed E-state index contributed by atoms with van der Waals surface area (Å²) in [6.45, 7) is 2.54. The highest BCUT2D eigenvalue weighted by Gasteiger charge is 2.07. The molecule has 0 atom stereocenters. The van der Waals surface area contributed by atoms with E-state index in [1.165, 1.54) is 17.3 Å². The van der Waals surface area contributed by atoms with Crippen LogP contribution in [0.4, 0.5) is 0 Å². The summed E-state index contributed by atoms with van der Waals surface area (Å²) in [6.07, 6.45) is 3.58. The first kappa shape index (κ1) is 12.5. The second-order valence-corrected chi connectivity index (χ2v) is 5.46. The highest BCUT2D eigenvalue weighted by molar-refractivity contribution is 9.10. The van der Waals surface area contributed by atoms with Crippen molar-refractivity contribution in [3.63, 3.8) is 0 Å². The fraction of sp³-hybridized carbons (Fsp3) is 0.167. The SMILES string of the molecule is Cc1ccnc(Sc2ccc(Br)cn2)c1CN. The standard InChI is InChI=1S/C12H12BrN3S/c1-8-4-5-15-12(10(8)6-14)17-11-3-2-9(13)7-16-11/h2-5,7H,6,14H2,1H3. The first-order valence-electron chi connectivity index (χ1n) is 5.14. The second kappa shape index (κ2) is 5.62. The van der Waals surface area contributed by atoms with Gasteiger partial charge in [-0.15, -0.1) is 0 Å². The predicted molar refractivity (Wildman–Crippen MR) is 72.9 cm³/mol. The van der Waals surface area contributed by atoms with Gasteiger partial charge in [-0.3, -0.25) is 0 Å². The predicted octanol–water partition coefficient (Wildman–Crippen LogP) is 3.16. The molecule has 0 fully saturated rings. The third-order valence-corrected chi connectivity index (χ3v) is 3.82. The molecule has 2 aromatic rings. The Morgan fingerprint density at radius 3 is 2.76 bits per heavy atom. The minimum Gasteiger partial charge on any atom is -0.326 e. The average Bonchev–Trinajstić information content (AvgIpc) is 2.32. The van der Waals surface area contributed by atoms with Crippen LogP contribution in [-0.4, -0.2) is 9.97 Å². The van der Waals surface area contributed by atoms with Crippen molar-refractivity contribution >= 4 is 27.7 Å². The Morgan fingerprint density at radius 1 is 1.29 bits per heavy atom. The molecule has 0 unspecified atom stereocenters. The molecule has 0 saturated carbocycles. The number of halogens is 1. The summed E-state index contributed by atoms with van der Waals surface area (Å²) < 4.78 is 0.970. The Bertz CT molecular complexity index is 514. The minimum atomic E-state index is 0.499. The van der Waals surface area contributed by atoms with Crippen LogP contribution in [0.25, 0.3) is 0 Å². The molecule has 5 heteroatoms. The van der Waals surface area contributed by atoms with Crippen molar-refractivity contribution in [3.05, 3.63) is 46.2 Å². The van der Waals surface area contributed by atoms with Crippen molar-refractivity contribution in [1.29, 1.82) is 0 Å². The number of hydrogen-bond acceptors (Lipinski definition) is 4. The van der Waals surface area contributed by atoms with E-state index in [0.717, 1.165) is 20.1 Å². The molecule has 88 valence electrons. The van der Waals surface area contributed by atoms with Crippen molar-refractivity contribution in [2.24, 2.45) is 5.73 Å². The zero-order chi connectivity index (χ0) is 12.3. The monoisotopic (exact) mass is 309 g/mol. The molecule has 0 aliphatic carbocycles. The second-order valence-electron chi connectivity index (χ2n) is 3.53. The highest BCUT2D eigenvalue weighted by atomic mass is 79.9. The quantitative estimate of drug-likeness (QED) is 0.946. The van der Waals surface area contributed by atoms with Crippen LogP contribution in [0, 0.1) is 6.92 Å². The van der Waals surface area contributed by atoms with Crippen molar-refractivity contribution in [3.8, 4) is 0 Å². The normalized spacial score (nSPS) is 10.5. The summed E-state index contributed by atoms with van der Waals surface area (Å²) in [5.41, 5.74) is 8.00. The van der Waals surface area contributed by atoms with Crippen LogP contribution in [0.1, 0.15) is 11.1 Å². The van der Waals surface area contributed by atoms with E-state index in [1.54, 1.807) is 12.4 Å². The topological polar surface area (TPSA) is 51.8 Å². The van der Waals surface area contributed by atoms with Crippen LogP contribution >= 0.6 is 27.7 Å². The van der Waals surface area contributed by atoms with Gasteiger partial charge in [-0.1, -0.05) is 0 Å². The van der Waals surface area contributed by atoms with Crippen LogP contribution in [0.15, 0.2) is 45.1 Å². The zero-order valence-corrected chi connectivity index (χ0v) is 11.8. The number of aryl methyl sites for hydroxylation is 1. The Labute approximate surface area is 113 Å². The molecule has 0 spiro atoms. The Hall–Kier alpha value is -0.910. The zero-order valence-electron chi connectivity index (χ0n) is 9.35. The van der Waals surface area contributed by atoms with Gasteiger partial charge in [-0.25, -0.2) is 9.97 Å². The Balaban J connectivity index is 2.29. The number of nitrogens with two attached hydrogens (primary N) is 1. The summed E-state index contributed by atoms with van der Waals surface area (Å²) in [5, 5.41) is 1.85. The lowest BCUT2D eigenvalue weighted by Gasteiger charge is -2.08. The van der Waals surface area contributed by atoms with E-state index in [2.05, 4.69) is 25.9 Å². The van der Waals surface area contributed by atoms with Crippen LogP contribution in [0.5, 0.6) is 0 Å². The van der Waals surface area contributed by atoms with Gasteiger partial charge >= 0.3 is 0 Å². The molecule has 0 radical (unpaired) electrons. The Kier molecular flexibility index (Phi) is 4.15. The van der Waals surface area contributed by atoms with Crippen LogP contribution in [0.3, 0.4) is 0 Å². The van der Waals surface area contributed by atoms with E-state index >= 15 is 0 Å². The third-order valence-electron chi connectivity index (χ3n) is 2.36. The molecule has 0 bridgehead atoms. The molecule has 0 aromatic carbocycles. The van der Waals surface area contributed by atoms with Gasteiger partial charge in [0.2, 0.25) is 0 Å². The molecule has 2 heterocycles. The van der Waals surface area contributed by atoms with Gasteiger partial charge in [-0.05, 0) is 58.4 Å². The fourth-order valence-corrected chi connectivity index (χ4v) is 2.58. The van der Waals surface area contributed by atoms with Gasteiger partial charge in [0.05, 0.1) is 0 Å². The fourth-order valence-electron chi connectivity index (χ4n) is 1.42. The van der Waals surface area contributed by atoms with E-state index in [-0.39, 0.29) is 0 Å². The summed E-state index contributed by atoms with van der Waals surface area (Å²) in [4.78, 5) is 8.67. The first-order chi connectivity index (χ1) is 8.20. The van der Waals surface area contributed by atoms with Gasteiger partial charge in [0.25, 0.3) is 0 Å². The first-order valence-corrected chi connectivity index (χ1v) is 6.75. The van der Waals surface area contributed by atoms with Gasteiger partial charge in [-0.2, -0.15) is 0 Å².